The lowest BCUT2D eigenvalue weighted by molar-refractivity contribution is -0.120. The first kappa shape index (κ1) is 24.7. The van der Waals surface area contributed by atoms with E-state index < -0.39 is 45.8 Å². The van der Waals surface area contributed by atoms with E-state index in [4.69, 9.17) is 4.74 Å². The van der Waals surface area contributed by atoms with Gasteiger partial charge < -0.3 is 10.1 Å². The first-order chi connectivity index (χ1) is 16.4. The van der Waals surface area contributed by atoms with Gasteiger partial charge in [0.25, 0.3) is 10.0 Å². The Bertz CT molecular complexity index is 1340. The highest BCUT2D eigenvalue weighted by atomic mass is 32.2. The molecule has 0 aromatic heterocycles. The smallest absolute Gasteiger partial charge is 0.264 e. The molecular formula is C26H26F2N2O4S. The first-order valence-electron chi connectivity index (χ1n) is 11.1. The van der Waals surface area contributed by atoms with Gasteiger partial charge in [-0.3, -0.25) is 9.10 Å². The number of amides is 1. The molecule has 0 saturated heterocycles. The van der Waals surface area contributed by atoms with Crippen LogP contribution in [-0.4, -0.2) is 26.5 Å². The molecule has 0 bridgehead atoms. The molecule has 0 saturated carbocycles. The normalized spacial score (nSPS) is 16.7. The minimum atomic E-state index is -4.25. The van der Waals surface area contributed by atoms with Crippen molar-refractivity contribution in [1.29, 1.82) is 0 Å². The molecular weight excluding hydrogens is 474 g/mol. The zero-order chi connectivity index (χ0) is 25.4. The molecule has 9 heteroatoms. The van der Waals surface area contributed by atoms with E-state index in [0.29, 0.717) is 12.2 Å². The molecule has 6 nitrogen and oxygen atoms in total. The Morgan fingerprint density at radius 2 is 1.63 bits per heavy atom. The van der Waals surface area contributed by atoms with Gasteiger partial charge in [-0.05, 0) is 80.9 Å². The summed E-state index contributed by atoms with van der Waals surface area (Å²) in [5.74, 6) is -1.02. The SMILES string of the molecule is Cc1ccc2c(c1)OC(C)(C)CC2NC(=O)CN(c1ccc(F)cc1)S(=O)(=O)c1ccc(F)cc1. The lowest BCUT2D eigenvalue weighted by Gasteiger charge is -2.38. The highest BCUT2D eigenvalue weighted by Gasteiger charge is 2.35. The largest absolute Gasteiger partial charge is 0.487 e. The molecule has 4 rings (SSSR count). The number of anilines is 1. The molecule has 184 valence electrons. The van der Waals surface area contributed by atoms with E-state index in [0.717, 1.165) is 51.8 Å². The number of benzene rings is 3. The van der Waals surface area contributed by atoms with Crippen LogP contribution in [0.25, 0.3) is 0 Å². The summed E-state index contributed by atoms with van der Waals surface area (Å²) >= 11 is 0. The number of fused-ring (bicyclic) bond motifs is 1. The van der Waals surface area contributed by atoms with Crippen LogP contribution in [0.3, 0.4) is 0 Å². The topological polar surface area (TPSA) is 75.7 Å². The maximum Gasteiger partial charge on any atom is 0.264 e. The second kappa shape index (κ2) is 9.30. The van der Waals surface area contributed by atoms with Crippen molar-refractivity contribution < 1.29 is 26.7 Å². The fraction of sp³-hybridized carbons (Fsp3) is 0.269. The predicted molar refractivity (Wildman–Crippen MR) is 129 cm³/mol. The van der Waals surface area contributed by atoms with Crippen molar-refractivity contribution in [2.24, 2.45) is 0 Å². The Labute approximate surface area is 203 Å². The number of carbonyl (C=O) groups excluding carboxylic acids is 1. The predicted octanol–water partition coefficient (Wildman–Crippen LogP) is 4.89. The molecule has 0 aliphatic carbocycles. The quantitative estimate of drug-likeness (QED) is 0.523. The van der Waals surface area contributed by atoms with Crippen molar-refractivity contribution in [2.75, 3.05) is 10.8 Å². The fourth-order valence-electron chi connectivity index (χ4n) is 4.11. The number of nitrogens with zero attached hydrogens (tertiary/aromatic N) is 1. The highest BCUT2D eigenvalue weighted by molar-refractivity contribution is 7.92. The third-order valence-electron chi connectivity index (χ3n) is 5.77. The zero-order valence-electron chi connectivity index (χ0n) is 19.6. The zero-order valence-corrected chi connectivity index (χ0v) is 20.4. The molecule has 3 aromatic rings. The second-order valence-electron chi connectivity index (χ2n) is 9.17. The molecule has 1 N–H and O–H groups in total. The summed E-state index contributed by atoms with van der Waals surface area (Å²) in [4.78, 5) is 13.0. The van der Waals surface area contributed by atoms with Crippen molar-refractivity contribution in [3.63, 3.8) is 0 Å². The third-order valence-corrected chi connectivity index (χ3v) is 7.55. The van der Waals surface area contributed by atoms with E-state index in [1.165, 1.54) is 12.1 Å². The van der Waals surface area contributed by atoms with E-state index in [1.54, 1.807) is 0 Å². The van der Waals surface area contributed by atoms with Crippen LogP contribution in [-0.2, 0) is 14.8 Å². The molecule has 1 amide bonds. The Morgan fingerprint density at radius 3 is 2.26 bits per heavy atom. The average molecular weight is 501 g/mol. The molecule has 1 atom stereocenters. The summed E-state index contributed by atoms with van der Waals surface area (Å²) < 4.78 is 60.7. The van der Waals surface area contributed by atoms with Crippen LogP contribution < -0.4 is 14.4 Å². The summed E-state index contributed by atoms with van der Waals surface area (Å²) in [6, 6.07) is 14.4. The number of nitrogens with one attached hydrogen (secondary N) is 1. The van der Waals surface area contributed by atoms with Crippen LogP contribution in [0, 0.1) is 18.6 Å². The molecule has 1 heterocycles. The number of hydrogen-bond donors (Lipinski definition) is 1. The van der Waals surface area contributed by atoms with Gasteiger partial charge in [0, 0.05) is 12.0 Å². The van der Waals surface area contributed by atoms with Gasteiger partial charge in [0.05, 0.1) is 16.6 Å². The van der Waals surface area contributed by atoms with Crippen LogP contribution in [0.4, 0.5) is 14.5 Å². The van der Waals surface area contributed by atoms with Crippen molar-refractivity contribution in [3.8, 4) is 5.75 Å². The average Bonchev–Trinajstić information content (AvgIpc) is 2.77. The number of carbonyl (C=O) groups is 1. The molecule has 35 heavy (non-hydrogen) atoms. The molecule has 0 fully saturated rings. The van der Waals surface area contributed by atoms with Crippen LogP contribution in [0.15, 0.2) is 71.6 Å². The summed E-state index contributed by atoms with van der Waals surface area (Å²) in [6.07, 6.45) is 0.482. The molecule has 0 radical (unpaired) electrons. The van der Waals surface area contributed by atoms with Crippen LogP contribution in [0.2, 0.25) is 0 Å². The van der Waals surface area contributed by atoms with E-state index in [2.05, 4.69) is 5.32 Å². The second-order valence-corrected chi connectivity index (χ2v) is 11.0. The third kappa shape index (κ3) is 5.45. The molecule has 1 aliphatic heterocycles. The van der Waals surface area contributed by atoms with Crippen LogP contribution >= 0.6 is 0 Å². The summed E-state index contributed by atoms with van der Waals surface area (Å²) in [5, 5.41) is 2.94. The van der Waals surface area contributed by atoms with Crippen molar-refractivity contribution >= 4 is 21.6 Å². The van der Waals surface area contributed by atoms with Gasteiger partial charge in [-0.15, -0.1) is 0 Å². The first-order valence-corrected chi connectivity index (χ1v) is 12.5. The number of sulfonamides is 1. The van der Waals surface area contributed by atoms with Gasteiger partial charge in [-0.25, -0.2) is 17.2 Å². The summed E-state index contributed by atoms with van der Waals surface area (Å²) in [6.45, 7) is 5.23. The highest BCUT2D eigenvalue weighted by Crippen LogP contribution is 2.40. The monoisotopic (exact) mass is 500 g/mol. The summed E-state index contributed by atoms with van der Waals surface area (Å²) in [7, 11) is -4.25. The van der Waals surface area contributed by atoms with Gasteiger partial charge in [-0.1, -0.05) is 12.1 Å². The molecule has 1 aliphatic rings. The number of aryl methyl sites for hydroxylation is 1. The Balaban J connectivity index is 1.64. The molecule has 1 unspecified atom stereocenters. The van der Waals surface area contributed by atoms with E-state index in [9.17, 15) is 22.0 Å². The maximum absolute atomic E-state index is 13.5. The van der Waals surface area contributed by atoms with E-state index >= 15 is 0 Å². The van der Waals surface area contributed by atoms with E-state index in [1.807, 2.05) is 39.0 Å². The van der Waals surface area contributed by atoms with Gasteiger partial charge in [-0.2, -0.15) is 0 Å². The van der Waals surface area contributed by atoms with E-state index in [-0.39, 0.29) is 10.6 Å². The van der Waals surface area contributed by atoms with Gasteiger partial charge >= 0.3 is 0 Å². The lowest BCUT2D eigenvalue weighted by atomic mass is 9.89. The number of ether oxygens (including phenoxy) is 1. The summed E-state index contributed by atoms with van der Waals surface area (Å²) in [5.41, 5.74) is 1.38. The minimum Gasteiger partial charge on any atom is -0.487 e. The molecule has 0 spiro atoms. The fourth-order valence-corrected chi connectivity index (χ4v) is 5.54. The lowest BCUT2D eigenvalue weighted by Crippen LogP contribution is -2.45. The van der Waals surface area contributed by atoms with Crippen molar-refractivity contribution in [2.45, 2.75) is 43.7 Å². The Kier molecular flexibility index (Phi) is 6.55. The standard InChI is InChI=1S/C26H26F2N2O4S/c1-17-4-13-22-23(15-26(2,3)34-24(22)14-17)29-25(31)16-30(20-9-5-18(27)6-10-20)35(32,33)21-11-7-19(28)8-12-21/h4-14,23H,15-16H2,1-3H3,(H,29,31). The van der Waals surface area contributed by atoms with Crippen molar-refractivity contribution in [3.05, 3.63) is 89.5 Å². The number of halogens is 2. The van der Waals surface area contributed by atoms with Crippen LogP contribution in [0.1, 0.15) is 37.4 Å². The number of rotatable bonds is 6. The van der Waals surface area contributed by atoms with Crippen LogP contribution in [0.5, 0.6) is 5.75 Å². The number of hydrogen-bond acceptors (Lipinski definition) is 4. The van der Waals surface area contributed by atoms with Gasteiger partial charge in [0.1, 0.15) is 29.5 Å². The molecule has 3 aromatic carbocycles. The maximum atomic E-state index is 13.5. The van der Waals surface area contributed by atoms with Gasteiger partial charge in [0.15, 0.2) is 0 Å². The van der Waals surface area contributed by atoms with Gasteiger partial charge in [0.2, 0.25) is 5.91 Å². The Hall–Kier alpha value is -3.46. The minimum absolute atomic E-state index is 0.106. The van der Waals surface area contributed by atoms with Crippen molar-refractivity contribution in [1.82, 2.24) is 5.32 Å². The Morgan fingerprint density at radius 1 is 1.03 bits per heavy atom.